The molecule has 1 aromatic heterocycles. The fourth-order valence-electron chi connectivity index (χ4n) is 4.20. The van der Waals surface area contributed by atoms with Crippen LogP contribution in [0.3, 0.4) is 0 Å². The molecule has 2 aromatic rings. The Bertz CT molecular complexity index is 778. The van der Waals surface area contributed by atoms with E-state index in [4.69, 9.17) is 4.98 Å². The van der Waals surface area contributed by atoms with Crippen LogP contribution in [-0.4, -0.2) is 40.5 Å². The molecule has 1 atom stereocenters. The van der Waals surface area contributed by atoms with Gasteiger partial charge in [-0.1, -0.05) is 12.1 Å². The minimum absolute atomic E-state index is 0. The first-order valence-electron chi connectivity index (χ1n) is 9.96. The topological polar surface area (TPSA) is 45.5 Å². The number of hydrogen-bond acceptors (Lipinski definition) is 2. The lowest BCUT2D eigenvalue weighted by Gasteiger charge is -2.21. The van der Waals surface area contributed by atoms with Crippen LogP contribution in [0.4, 0.5) is 4.39 Å². The highest BCUT2D eigenvalue weighted by atomic mass is 127. The van der Waals surface area contributed by atoms with Crippen LogP contribution in [0.1, 0.15) is 36.3 Å². The second-order valence-corrected chi connectivity index (χ2v) is 7.63. The summed E-state index contributed by atoms with van der Waals surface area (Å²) in [6, 6.07) is 6.89. The number of aromatic nitrogens is 2. The number of aliphatic imine (C=N–C) groups is 1. The number of likely N-dealkylation sites (tertiary alicyclic amines) is 1. The number of benzene rings is 1. The molecule has 0 amide bonds. The summed E-state index contributed by atoms with van der Waals surface area (Å²) < 4.78 is 15.4. The van der Waals surface area contributed by atoms with Crippen LogP contribution in [-0.2, 0) is 25.9 Å². The van der Waals surface area contributed by atoms with Gasteiger partial charge in [-0.05, 0) is 49.3 Å². The van der Waals surface area contributed by atoms with Crippen LogP contribution in [0.15, 0.2) is 35.5 Å². The molecule has 0 aliphatic carbocycles. The second kappa shape index (κ2) is 9.71. The molecule has 5 nitrogen and oxygen atoms in total. The Balaban J connectivity index is 0.00000225. The van der Waals surface area contributed by atoms with E-state index in [0.717, 1.165) is 50.6 Å². The number of rotatable bonds is 4. The number of imidazole rings is 1. The minimum atomic E-state index is -0.169. The van der Waals surface area contributed by atoms with E-state index in [1.165, 1.54) is 24.2 Å². The molecule has 1 aromatic carbocycles. The fourth-order valence-corrected chi connectivity index (χ4v) is 4.20. The van der Waals surface area contributed by atoms with E-state index in [9.17, 15) is 4.39 Å². The fraction of sp³-hybridized carbons (Fsp3) is 0.524. The zero-order valence-electron chi connectivity index (χ0n) is 16.4. The summed E-state index contributed by atoms with van der Waals surface area (Å²) in [6.07, 6.45) is 7.89. The molecule has 152 valence electrons. The van der Waals surface area contributed by atoms with Crippen LogP contribution < -0.4 is 5.32 Å². The third kappa shape index (κ3) is 5.04. The number of nitrogens with one attached hydrogen (secondary N) is 1. The summed E-state index contributed by atoms with van der Waals surface area (Å²) in [6.45, 7) is 3.79. The molecule has 2 aliphatic rings. The van der Waals surface area contributed by atoms with Crippen molar-refractivity contribution in [3.05, 3.63) is 53.4 Å². The zero-order valence-corrected chi connectivity index (χ0v) is 18.7. The summed E-state index contributed by atoms with van der Waals surface area (Å²) in [7, 11) is 1.84. The van der Waals surface area contributed by atoms with Gasteiger partial charge in [-0.3, -0.25) is 4.99 Å². The molecule has 1 N–H and O–H groups in total. The standard InChI is InChI=1S/C21H28FN5.HI/c1-23-21(24-13-19-15-26-10-3-2-4-20(26)25-19)27-11-9-17(14-27)12-16-5-7-18(22)8-6-16;/h5-8,15,17H,2-4,9-14H2,1H3,(H,23,24);1H. The average Bonchev–Trinajstić information content (AvgIpc) is 3.31. The van der Waals surface area contributed by atoms with E-state index in [0.29, 0.717) is 12.5 Å². The average molecular weight is 497 g/mol. The third-order valence-electron chi connectivity index (χ3n) is 5.62. The highest BCUT2D eigenvalue weighted by Gasteiger charge is 2.25. The number of nitrogens with zero attached hydrogens (tertiary/aromatic N) is 4. The molecule has 0 saturated carbocycles. The van der Waals surface area contributed by atoms with E-state index in [-0.39, 0.29) is 29.8 Å². The van der Waals surface area contributed by atoms with Gasteiger partial charge < -0.3 is 14.8 Å². The maximum atomic E-state index is 13.1. The highest BCUT2D eigenvalue weighted by Crippen LogP contribution is 2.21. The molecule has 28 heavy (non-hydrogen) atoms. The summed E-state index contributed by atoms with van der Waals surface area (Å²) in [5.74, 6) is 2.57. The van der Waals surface area contributed by atoms with Crippen molar-refractivity contribution in [1.82, 2.24) is 19.8 Å². The molecule has 1 unspecified atom stereocenters. The SMILES string of the molecule is CN=C(NCc1cn2c(n1)CCCC2)N1CCC(Cc2ccc(F)cc2)C1.I. The molecule has 0 radical (unpaired) electrons. The van der Waals surface area contributed by atoms with Crippen molar-refractivity contribution in [2.45, 2.75) is 45.2 Å². The Labute approximate surface area is 183 Å². The molecular weight excluding hydrogens is 468 g/mol. The van der Waals surface area contributed by atoms with Crippen molar-refractivity contribution in [3.8, 4) is 0 Å². The second-order valence-electron chi connectivity index (χ2n) is 7.63. The van der Waals surface area contributed by atoms with Crippen molar-refractivity contribution in [2.24, 2.45) is 10.9 Å². The van der Waals surface area contributed by atoms with Gasteiger partial charge in [0.15, 0.2) is 5.96 Å². The number of fused-ring (bicyclic) bond motifs is 1. The first-order chi connectivity index (χ1) is 13.2. The van der Waals surface area contributed by atoms with Gasteiger partial charge in [-0.2, -0.15) is 0 Å². The smallest absolute Gasteiger partial charge is 0.193 e. The van der Waals surface area contributed by atoms with Crippen LogP contribution in [0.5, 0.6) is 0 Å². The Morgan fingerprint density at radius 3 is 2.82 bits per heavy atom. The first-order valence-corrected chi connectivity index (χ1v) is 9.96. The quantitative estimate of drug-likeness (QED) is 0.399. The third-order valence-corrected chi connectivity index (χ3v) is 5.62. The van der Waals surface area contributed by atoms with Crippen molar-refractivity contribution in [2.75, 3.05) is 20.1 Å². The first kappa shape index (κ1) is 21.1. The van der Waals surface area contributed by atoms with Crippen molar-refractivity contribution in [1.29, 1.82) is 0 Å². The highest BCUT2D eigenvalue weighted by molar-refractivity contribution is 14.0. The van der Waals surface area contributed by atoms with E-state index in [1.54, 1.807) is 12.1 Å². The van der Waals surface area contributed by atoms with E-state index in [1.807, 2.05) is 19.2 Å². The van der Waals surface area contributed by atoms with Crippen molar-refractivity contribution < 1.29 is 4.39 Å². The van der Waals surface area contributed by atoms with Gasteiger partial charge in [-0.25, -0.2) is 9.37 Å². The lowest BCUT2D eigenvalue weighted by atomic mass is 9.99. The molecule has 0 spiro atoms. The summed E-state index contributed by atoms with van der Waals surface area (Å²) >= 11 is 0. The number of guanidine groups is 1. The van der Waals surface area contributed by atoms with Crippen molar-refractivity contribution >= 4 is 29.9 Å². The van der Waals surface area contributed by atoms with E-state index in [2.05, 4.69) is 26.0 Å². The number of hydrogen-bond donors (Lipinski definition) is 1. The van der Waals surface area contributed by atoms with E-state index < -0.39 is 0 Å². The predicted molar refractivity (Wildman–Crippen MR) is 121 cm³/mol. The van der Waals surface area contributed by atoms with Crippen LogP contribution in [0.25, 0.3) is 0 Å². The van der Waals surface area contributed by atoms with Gasteiger partial charge in [0.1, 0.15) is 11.6 Å². The molecule has 4 rings (SSSR count). The van der Waals surface area contributed by atoms with Crippen LogP contribution in [0, 0.1) is 11.7 Å². The monoisotopic (exact) mass is 497 g/mol. The van der Waals surface area contributed by atoms with E-state index >= 15 is 0 Å². The largest absolute Gasteiger partial charge is 0.351 e. The maximum absolute atomic E-state index is 13.1. The van der Waals surface area contributed by atoms with Crippen LogP contribution in [0.2, 0.25) is 0 Å². The molecule has 1 saturated heterocycles. The van der Waals surface area contributed by atoms with Gasteiger partial charge in [-0.15, -0.1) is 24.0 Å². The Kier molecular flexibility index (Phi) is 7.31. The lowest BCUT2D eigenvalue weighted by Crippen LogP contribution is -2.39. The molecule has 1 fully saturated rings. The Morgan fingerprint density at radius 1 is 1.25 bits per heavy atom. The molecule has 0 bridgehead atoms. The zero-order chi connectivity index (χ0) is 18.6. The lowest BCUT2D eigenvalue weighted by molar-refractivity contribution is 0.459. The summed E-state index contributed by atoms with van der Waals surface area (Å²) in [5, 5.41) is 3.48. The normalized spacial score (nSPS) is 19.3. The van der Waals surface area contributed by atoms with Gasteiger partial charge in [0.2, 0.25) is 0 Å². The van der Waals surface area contributed by atoms with Gasteiger partial charge in [0.25, 0.3) is 0 Å². The molecule has 7 heteroatoms. The minimum Gasteiger partial charge on any atom is -0.351 e. The summed E-state index contributed by atoms with van der Waals surface area (Å²) in [5.41, 5.74) is 2.30. The molecule has 3 heterocycles. The summed E-state index contributed by atoms with van der Waals surface area (Å²) in [4.78, 5) is 11.5. The van der Waals surface area contributed by atoms with Gasteiger partial charge >= 0.3 is 0 Å². The van der Waals surface area contributed by atoms with Crippen LogP contribution >= 0.6 is 24.0 Å². The van der Waals surface area contributed by atoms with Crippen molar-refractivity contribution in [3.63, 3.8) is 0 Å². The van der Waals surface area contributed by atoms with Gasteiger partial charge in [0, 0.05) is 39.3 Å². The number of aryl methyl sites for hydroxylation is 2. The number of halogens is 2. The molecule has 2 aliphatic heterocycles. The molecular formula is C21H29FIN5. The Morgan fingerprint density at radius 2 is 2.07 bits per heavy atom. The predicted octanol–water partition coefficient (Wildman–Crippen LogP) is 3.62. The Hall–Kier alpha value is -1.64. The maximum Gasteiger partial charge on any atom is 0.193 e. The van der Waals surface area contributed by atoms with Gasteiger partial charge in [0.05, 0.1) is 12.2 Å².